The molecule has 4 nitrogen and oxygen atoms in total. The van der Waals surface area contributed by atoms with E-state index in [1.165, 1.54) is 5.57 Å². The minimum absolute atomic E-state index is 0.315. The van der Waals surface area contributed by atoms with Gasteiger partial charge in [-0.25, -0.2) is 8.42 Å². The molecule has 17 heavy (non-hydrogen) atoms. The van der Waals surface area contributed by atoms with Gasteiger partial charge < -0.3 is 5.32 Å². The summed E-state index contributed by atoms with van der Waals surface area (Å²) in [5.74, 6) is 1.06. The van der Waals surface area contributed by atoms with Crippen LogP contribution in [0.3, 0.4) is 0 Å². The van der Waals surface area contributed by atoms with Gasteiger partial charge in [-0.2, -0.15) is 0 Å². The second-order valence-electron chi connectivity index (χ2n) is 5.25. The largest absolute Gasteiger partial charge is 0.314 e. The number of hydrogen-bond donors (Lipinski definition) is 1. The zero-order valence-corrected chi connectivity index (χ0v) is 11.1. The Balaban J connectivity index is 1.74. The molecule has 0 aromatic carbocycles. The van der Waals surface area contributed by atoms with Gasteiger partial charge in [0.2, 0.25) is 0 Å². The molecule has 2 aliphatic heterocycles. The van der Waals surface area contributed by atoms with E-state index in [0.717, 1.165) is 45.6 Å². The lowest BCUT2D eigenvalue weighted by atomic mass is 9.99. The third kappa shape index (κ3) is 4.08. The Labute approximate surface area is 104 Å². The maximum Gasteiger partial charge on any atom is 0.150 e. The fourth-order valence-corrected chi connectivity index (χ4v) is 4.55. The van der Waals surface area contributed by atoms with Crippen LogP contribution in [-0.4, -0.2) is 57.5 Å². The first-order chi connectivity index (χ1) is 8.05. The maximum absolute atomic E-state index is 11.4. The molecule has 1 N–H and O–H groups in total. The molecule has 1 atom stereocenters. The monoisotopic (exact) mass is 258 g/mol. The molecule has 2 heterocycles. The van der Waals surface area contributed by atoms with Gasteiger partial charge in [0.25, 0.3) is 0 Å². The molecule has 0 aliphatic carbocycles. The predicted molar refractivity (Wildman–Crippen MR) is 69.8 cm³/mol. The zero-order valence-electron chi connectivity index (χ0n) is 10.3. The quantitative estimate of drug-likeness (QED) is 0.736. The molecule has 0 aromatic rings. The van der Waals surface area contributed by atoms with Gasteiger partial charge in [0.05, 0.1) is 11.5 Å². The highest BCUT2D eigenvalue weighted by atomic mass is 32.2. The van der Waals surface area contributed by atoms with E-state index < -0.39 is 9.84 Å². The first-order valence-electron chi connectivity index (χ1n) is 6.35. The Morgan fingerprint density at radius 2 is 2.06 bits per heavy atom. The van der Waals surface area contributed by atoms with Crippen molar-refractivity contribution in [3.05, 3.63) is 12.2 Å². The van der Waals surface area contributed by atoms with E-state index in [-0.39, 0.29) is 0 Å². The topological polar surface area (TPSA) is 49.4 Å². The summed E-state index contributed by atoms with van der Waals surface area (Å²) < 4.78 is 22.7. The SMILES string of the molecule is C=C(CC1CCS(=O)(=O)C1)CN1CCNCC1. The van der Waals surface area contributed by atoms with Gasteiger partial charge in [-0.1, -0.05) is 12.2 Å². The highest BCUT2D eigenvalue weighted by Gasteiger charge is 2.28. The van der Waals surface area contributed by atoms with E-state index in [2.05, 4.69) is 16.8 Å². The van der Waals surface area contributed by atoms with Crippen molar-refractivity contribution in [3.63, 3.8) is 0 Å². The summed E-state index contributed by atoms with van der Waals surface area (Å²) in [6, 6.07) is 0. The van der Waals surface area contributed by atoms with Crippen LogP contribution < -0.4 is 5.32 Å². The van der Waals surface area contributed by atoms with E-state index in [1.807, 2.05) is 0 Å². The second-order valence-corrected chi connectivity index (χ2v) is 7.48. The standard InChI is InChI=1S/C12H22N2O2S/c1-11(9-14-5-3-13-4-6-14)8-12-2-7-17(15,16)10-12/h12-13H,1-10H2. The van der Waals surface area contributed by atoms with Gasteiger partial charge in [0.1, 0.15) is 0 Å². The molecule has 0 radical (unpaired) electrons. The Hall–Kier alpha value is -0.390. The van der Waals surface area contributed by atoms with Crippen molar-refractivity contribution in [2.24, 2.45) is 5.92 Å². The Kier molecular flexibility index (Phi) is 4.22. The Morgan fingerprint density at radius 1 is 1.35 bits per heavy atom. The Morgan fingerprint density at radius 3 is 2.65 bits per heavy atom. The third-order valence-corrected chi connectivity index (χ3v) is 5.40. The molecule has 0 spiro atoms. The van der Waals surface area contributed by atoms with Crippen molar-refractivity contribution in [2.75, 3.05) is 44.2 Å². The lowest BCUT2D eigenvalue weighted by Crippen LogP contribution is -2.44. The van der Waals surface area contributed by atoms with Crippen LogP contribution >= 0.6 is 0 Å². The Bertz CT molecular complexity index is 372. The van der Waals surface area contributed by atoms with Crippen LogP contribution in [0.2, 0.25) is 0 Å². The van der Waals surface area contributed by atoms with Crippen molar-refractivity contribution in [1.82, 2.24) is 10.2 Å². The molecule has 0 aromatic heterocycles. The first kappa shape index (κ1) is 13.1. The van der Waals surface area contributed by atoms with Gasteiger partial charge in [0.15, 0.2) is 9.84 Å². The summed E-state index contributed by atoms with van der Waals surface area (Å²) in [7, 11) is -2.74. The molecule has 0 amide bonds. The van der Waals surface area contributed by atoms with Crippen LogP contribution in [0.5, 0.6) is 0 Å². The van der Waals surface area contributed by atoms with Crippen LogP contribution in [0, 0.1) is 5.92 Å². The van der Waals surface area contributed by atoms with Gasteiger partial charge in [-0.3, -0.25) is 4.90 Å². The molecule has 0 saturated carbocycles. The molecule has 1 unspecified atom stereocenters. The van der Waals surface area contributed by atoms with E-state index >= 15 is 0 Å². The average Bonchev–Trinajstić information content (AvgIpc) is 2.59. The summed E-state index contributed by atoms with van der Waals surface area (Å²) >= 11 is 0. The van der Waals surface area contributed by atoms with Gasteiger partial charge >= 0.3 is 0 Å². The normalized spacial score (nSPS) is 29.3. The molecule has 2 aliphatic rings. The van der Waals surface area contributed by atoms with E-state index in [1.54, 1.807) is 0 Å². The van der Waals surface area contributed by atoms with Gasteiger partial charge in [-0.15, -0.1) is 0 Å². The molecule has 0 bridgehead atoms. The van der Waals surface area contributed by atoms with Crippen molar-refractivity contribution in [3.8, 4) is 0 Å². The number of piperazine rings is 1. The van der Waals surface area contributed by atoms with Crippen LogP contribution in [0.25, 0.3) is 0 Å². The zero-order chi connectivity index (χ0) is 12.3. The highest BCUT2D eigenvalue weighted by molar-refractivity contribution is 7.91. The summed E-state index contributed by atoms with van der Waals surface area (Å²) in [5.41, 5.74) is 1.19. The van der Waals surface area contributed by atoms with Crippen molar-refractivity contribution in [1.29, 1.82) is 0 Å². The third-order valence-electron chi connectivity index (χ3n) is 3.56. The van der Waals surface area contributed by atoms with E-state index in [4.69, 9.17) is 0 Å². The summed E-state index contributed by atoms with van der Waals surface area (Å²) in [6.45, 7) is 9.27. The molecule has 5 heteroatoms. The summed E-state index contributed by atoms with van der Waals surface area (Å²) in [4.78, 5) is 2.39. The number of nitrogens with one attached hydrogen (secondary N) is 1. The smallest absolute Gasteiger partial charge is 0.150 e. The van der Waals surface area contributed by atoms with E-state index in [9.17, 15) is 8.42 Å². The minimum atomic E-state index is -2.74. The van der Waals surface area contributed by atoms with Crippen LogP contribution in [0.1, 0.15) is 12.8 Å². The minimum Gasteiger partial charge on any atom is -0.314 e. The van der Waals surface area contributed by atoms with Crippen LogP contribution in [0.4, 0.5) is 0 Å². The number of nitrogens with zero attached hydrogens (tertiary/aromatic N) is 1. The van der Waals surface area contributed by atoms with Gasteiger partial charge in [-0.05, 0) is 18.8 Å². The van der Waals surface area contributed by atoms with Crippen molar-refractivity contribution >= 4 is 9.84 Å². The summed E-state index contributed by atoms with van der Waals surface area (Å²) in [5, 5.41) is 3.32. The number of hydrogen-bond acceptors (Lipinski definition) is 4. The number of sulfone groups is 1. The fourth-order valence-electron chi connectivity index (χ4n) is 2.69. The lowest BCUT2D eigenvalue weighted by Gasteiger charge is -2.28. The van der Waals surface area contributed by atoms with Crippen molar-refractivity contribution in [2.45, 2.75) is 12.8 Å². The van der Waals surface area contributed by atoms with Crippen molar-refractivity contribution < 1.29 is 8.42 Å². The molecule has 2 rings (SSSR count). The second kappa shape index (κ2) is 5.50. The van der Waals surface area contributed by atoms with E-state index in [0.29, 0.717) is 17.4 Å². The maximum atomic E-state index is 11.4. The summed E-state index contributed by atoms with van der Waals surface area (Å²) in [6.07, 6.45) is 1.70. The lowest BCUT2D eigenvalue weighted by molar-refractivity contribution is 0.256. The molecule has 2 fully saturated rings. The molecule has 2 saturated heterocycles. The molecular formula is C12H22N2O2S. The van der Waals surface area contributed by atoms with Crippen LogP contribution in [-0.2, 0) is 9.84 Å². The molecular weight excluding hydrogens is 236 g/mol. The molecule has 98 valence electrons. The number of rotatable bonds is 4. The fraction of sp³-hybridized carbons (Fsp3) is 0.833. The first-order valence-corrected chi connectivity index (χ1v) is 8.17. The highest BCUT2D eigenvalue weighted by Crippen LogP contribution is 2.24. The average molecular weight is 258 g/mol. The van der Waals surface area contributed by atoms with Crippen LogP contribution in [0.15, 0.2) is 12.2 Å². The van der Waals surface area contributed by atoms with Gasteiger partial charge in [0, 0.05) is 32.7 Å². The predicted octanol–water partition coefficient (Wildman–Crippen LogP) is 0.273.